The smallest absolute Gasteiger partial charge is 0.139 e. The first-order valence-electron chi connectivity index (χ1n) is 5.71. The van der Waals surface area contributed by atoms with Crippen molar-refractivity contribution in [3.8, 4) is 5.75 Å². The fraction of sp³-hybridized carbons (Fsp3) is 0.417. The predicted molar refractivity (Wildman–Crippen MR) is 76.4 cm³/mol. The third-order valence-electron chi connectivity index (χ3n) is 2.47. The van der Waals surface area contributed by atoms with Gasteiger partial charge in [-0.3, -0.25) is 0 Å². The Kier molecular flexibility index (Phi) is 6.35. The molecule has 1 aromatic carbocycles. The number of ether oxygens (including phenoxy) is 1. The van der Waals surface area contributed by atoms with Crippen LogP contribution in [-0.4, -0.2) is 24.7 Å². The van der Waals surface area contributed by atoms with Crippen molar-refractivity contribution >= 4 is 27.5 Å². The Hall–Kier alpha value is -1.43. The van der Waals surface area contributed by atoms with Crippen molar-refractivity contribution in [1.29, 1.82) is 0 Å². The van der Waals surface area contributed by atoms with Crippen molar-refractivity contribution in [2.45, 2.75) is 19.3 Å². The third-order valence-corrected chi connectivity index (χ3v) is 3.12. The van der Waals surface area contributed by atoms with Crippen molar-refractivity contribution in [2.24, 2.45) is 10.9 Å². The summed E-state index contributed by atoms with van der Waals surface area (Å²) < 4.78 is 6.15. The quantitative estimate of drug-likeness (QED) is 0.238. The molecular weight excluding hydrogens is 298 g/mol. The lowest BCUT2D eigenvalue weighted by molar-refractivity contribution is 0.316. The average molecular weight is 316 g/mol. The van der Waals surface area contributed by atoms with E-state index in [0.717, 1.165) is 35.3 Å². The Morgan fingerprint density at radius 2 is 2.28 bits per heavy atom. The van der Waals surface area contributed by atoms with Gasteiger partial charge in [-0.2, -0.15) is 0 Å². The molecule has 1 rings (SSSR count). The SMILES string of the molecule is COc1cc(NCCCC/C(N)=N/O)ccc1Br. The van der Waals surface area contributed by atoms with Crippen molar-refractivity contribution in [3.05, 3.63) is 22.7 Å². The number of hydrogen-bond acceptors (Lipinski definition) is 4. The molecule has 100 valence electrons. The third kappa shape index (κ3) is 4.83. The molecule has 0 fully saturated rings. The molecule has 0 saturated carbocycles. The van der Waals surface area contributed by atoms with Gasteiger partial charge in [0.05, 0.1) is 11.6 Å². The molecule has 0 aliphatic rings. The summed E-state index contributed by atoms with van der Waals surface area (Å²) in [5, 5.41) is 14.6. The largest absolute Gasteiger partial charge is 0.495 e. The van der Waals surface area contributed by atoms with Crippen molar-refractivity contribution < 1.29 is 9.94 Å². The zero-order chi connectivity index (χ0) is 13.4. The van der Waals surface area contributed by atoms with Gasteiger partial charge in [-0.25, -0.2) is 0 Å². The molecule has 0 unspecified atom stereocenters. The van der Waals surface area contributed by atoms with Crippen molar-refractivity contribution in [3.63, 3.8) is 0 Å². The lowest BCUT2D eigenvalue weighted by Gasteiger charge is -2.09. The van der Waals surface area contributed by atoms with E-state index in [1.807, 2.05) is 18.2 Å². The maximum atomic E-state index is 8.38. The number of unbranched alkanes of at least 4 members (excludes halogenated alkanes) is 1. The number of rotatable bonds is 7. The Balaban J connectivity index is 2.31. The van der Waals surface area contributed by atoms with Gasteiger partial charge >= 0.3 is 0 Å². The van der Waals surface area contributed by atoms with Crippen LogP contribution >= 0.6 is 15.9 Å². The molecule has 0 aliphatic heterocycles. The van der Waals surface area contributed by atoms with Gasteiger partial charge in [0.25, 0.3) is 0 Å². The highest BCUT2D eigenvalue weighted by Crippen LogP contribution is 2.27. The molecule has 6 heteroatoms. The van der Waals surface area contributed by atoms with Gasteiger partial charge in [0.15, 0.2) is 0 Å². The van der Waals surface area contributed by atoms with E-state index in [1.54, 1.807) is 7.11 Å². The number of hydrogen-bond donors (Lipinski definition) is 3. The average Bonchev–Trinajstić information content (AvgIpc) is 2.39. The first-order valence-corrected chi connectivity index (χ1v) is 6.50. The summed E-state index contributed by atoms with van der Waals surface area (Å²) in [7, 11) is 1.64. The number of nitrogens with one attached hydrogen (secondary N) is 1. The number of methoxy groups -OCH3 is 1. The zero-order valence-corrected chi connectivity index (χ0v) is 11.9. The van der Waals surface area contributed by atoms with E-state index >= 15 is 0 Å². The zero-order valence-electron chi connectivity index (χ0n) is 10.3. The number of benzene rings is 1. The van der Waals surface area contributed by atoms with Crippen LogP contribution in [0.1, 0.15) is 19.3 Å². The van der Waals surface area contributed by atoms with Gasteiger partial charge in [0.1, 0.15) is 11.6 Å². The molecule has 0 atom stereocenters. The second-order valence-electron chi connectivity index (χ2n) is 3.82. The maximum absolute atomic E-state index is 8.38. The first-order chi connectivity index (χ1) is 8.67. The highest BCUT2D eigenvalue weighted by atomic mass is 79.9. The van der Waals surface area contributed by atoms with Gasteiger partial charge in [-0.1, -0.05) is 5.16 Å². The van der Waals surface area contributed by atoms with Crippen molar-refractivity contribution in [2.75, 3.05) is 19.0 Å². The van der Waals surface area contributed by atoms with Gasteiger partial charge in [-0.15, -0.1) is 0 Å². The number of anilines is 1. The fourth-order valence-electron chi connectivity index (χ4n) is 1.48. The fourth-order valence-corrected chi connectivity index (χ4v) is 1.89. The molecule has 4 N–H and O–H groups in total. The summed E-state index contributed by atoms with van der Waals surface area (Å²) in [6.45, 7) is 0.837. The number of amidine groups is 1. The summed E-state index contributed by atoms with van der Waals surface area (Å²) in [5.74, 6) is 1.08. The number of oxime groups is 1. The Labute approximate surface area is 115 Å². The summed E-state index contributed by atoms with van der Waals surface area (Å²) in [5.41, 5.74) is 6.39. The van der Waals surface area contributed by atoms with E-state index in [0.29, 0.717) is 6.42 Å². The van der Waals surface area contributed by atoms with Crippen LogP contribution in [0.4, 0.5) is 5.69 Å². The number of halogens is 1. The topological polar surface area (TPSA) is 79.9 Å². The van der Waals surface area contributed by atoms with E-state index in [1.165, 1.54) is 0 Å². The second kappa shape index (κ2) is 7.81. The molecule has 0 amide bonds. The molecule has 0 aromatic heterocycles. The molecule has 18 heavy (non-hydrogen) atoms. The minimum absolute atomic E-state index is 0.278. The molecular formula is C12H18BrN3O2. The lowest BCUT2D eigenvalue weighted by Crippen LogP contribution is -2.11. The van der Waals surface area contributed by atoms with E-state index in [-0.39, 0.29) is 5.84 Å². The number of nitrogens with zero attached hydrogens (tertiary/aromatic N) is 1. The first kappa shape index (κ1) is 14.6. The molecule has 0 saturated heterocycles. The van der Waals surface area contributed by atoms with E-state index in [9.17, 15) is 0 Å². The van der Waals surface area contributed by atoms with Crippen LogP contribution in [0.15, 0.2) is 27.8 Å². The van der Waals surface area contributed by atoms with E-state index < -0.39 is 0 Å². The lowest BCUT2D eigenvalue weighted by atomic mass is 10.2. The Morgan fingerprint density at radius 3 is 2.94 bits per heavy atom. The molecule has 0 spiro atoms. The van der Waals surface area contributed by atoms with E-state index in [2.05, 4.69) is 26.4 Å². The second-order valence-corrected chi connectivity index (χ2v) is 4.68. The minimum atomic E-state index is 0.278. The normalized spacial score (nSPS) is 11.3. The van der Waals surface area contributed by atoms with Gasteiger partial charge in [-0.05, 0) is 40.9 Å². The van der Waals surface area contributed by atoms with Crippen LogP contribution in [0, 0.1) is 0 Å². The van der Waals surface area contributed by atoms with Crippen LogP contribution in [0.2, 0.25) is 0 Å². The monoisotopic (exact) mass is 315 g/mol. The summed E-state index contributed by atoms with van der Waals surface area (Å²) in [4.78, 5) is 0. The summed E-state index contributed by atoms with van der Waals surface area (Å²) in [6.07, 6.45) is 2.45. The molecule has 1 aromatic rings. The molecule has 0 aliphatic carbocycles. The molecule has 0 radical (unpaired) electrons. The van der Waals surface area contributed by atoms with E-state index in [4.69, 9.17) is 15.7 Å². The predicted octanol–water partition coefficient (Wildman–Crippen LogP) is 2.79. The summed E-state index contributed by atoms with van der Waals surface area (Å²) >= 11 is 3.40. The standard InChI is InChI=1S/C12H18BrN3O2/c1-18-11-8-9(5-6-10(11)13)15-7-3-2-4-12(14)16-17/h5-6,8,15,17H,2-4,7H2,1H3,(H2,14,16). The summed E-state index contributed by atoms with van der Waals surface area (Å²) in [6, 6.07) is 5.86. The van der Waals surface area contributed by atoms with Gasteiger partial charge in [0.2, 0.25) is 0 Å². The Bertz CT molecular complexity index is 410. The minimum Gasteiger partial charge on any atom is -0.495 e. The van der Waals surface area contributed by atoms with Crippen molar-refractivity contribution in [1.82, 2.24) is 0 Å². The van der Waals surface area contributed by atoms with Crippen LogP contribution in [-0.2, 0) is 0 Å². The highest BCUT2D eigenvalue weighted by molar-refractivity contribution is 9.10. The van der Waals surface area contributed by atoms with Crippen LogP contribution in [0.3, 0.4) is 0 Å². The molecule has 5 nitrogen and oxygen atoms in total. The Morgan fingerprint density at radius 1 is 1.50 bits per heavy atom. The van der Waals surface area contributed by atoms with Crippen LogP contribution in [0.25, 0.3) is 0 Å². The van der Waals surface area contributed by atoms with Crippen LogP contribution in [0.5, 0.6) is 5.75 Å². The van der Waals surface area contributed by atoms with Gasteiger partial charge < -0.3 is 21.0 Å². The molecule has 0 bridgehead atoms. The number of nitrogens with two attached hydrogens (primary N) is 1. The maximum Gasteiger partial charge on any atom is 0.139 e. The van der Waals surface area contributed by atoms with Gasteiger partial charge in [0, 0.05) is 24.7 Å². The highest BCUT2D eigenvalue weighted by Gasteiger charge is 2.01. The molecule has 0 heterocycles. The van der Waals surface area contributed by atoms with Crippen LogP contribution < -0.4 is 15.8 Å².